The van der Waals surface area contributed by atoms with Crippen LogP contribution in [-0.4, -0.2) is 11.1 Å². The maximum atomic E-state index is 10.7. The van der Waals surface area contributed by atoms with E-state index in [1.807, 2.05) is 42.5 Å². The van der Waals surface area contributed by atoms with Crippen LogP contribution < -0.4 is 0 Å². The Balaban J connectivity index is 2.15. The van der Waals surface area contributed by atoms with Crippen molar-refractivity contribution in [2.24, 2.45) is 0 Å². The first-order valence-corrected chi connectivity index (χ1v) is 7.47. The molecule has 0 saturated carbocycles. The Morgan fingerprint density at radius 3 is 2.37 bits per heavy atom. The van der Waals surface area contributed by atoms with Crippen molar-refractivity contribution >= 4 is 45.3 Å². The van der Waals surface area contributed by atoms with E-state index in [2.05, 4.69) is 15.9 Å². The molecule has 0 aliphatic heterocycles. The SMILES string of the molecule is O=C(O)Cc1ccc(Sc2ccc(Cl)cc2)cc1Br. The van der Waals surface area contributed by atoms with Gasteiger partial charge in [-0.1, -0.05) is 45.4 Å². The van der Waals surface area contributed by atoms with E-state index < -0.39 is 5.97 Å². The van der Waals surface area contributed by atoms with Crippen molar-refractivity contribution in [2.45, 2.75) is 16.2 Å². The molecule has 0 unspecified atom stereocenters. The van der Waals surface area contributed by atoms with Gasteiger partial charge in [0.25, 0.3) is 0 Å². The Kier molecular flexibility index (Phi) is 4.91. The lowest BCUT2D eigenvalue weighted by molar-refractivity contribution is -0.136. The molecule has 5 heteroatoms. The molecular weight excluding hydrogens is 348 g/mol. The maximum Gasteiger partial charge on any atom is 0.307 e. The molecule has 0 aromatic heterocycles. The van der Waals surface area contributed by atoms with Crippen LogP contribution in [0, 0.1) is 0 Å². The second-order valence-electron chi connectivity index (χ2n) is 3.88. The summed E-state index contributed by atoms with van der Waals surface area (Å²) in [5, 5.41) is 9.49. The number of aliphatic carboxylic acids is 1. The zero-order valence-corrected chi connectivity index (χ0v) is 12.9. The van der Waals surface area contributed by atoms with Crippen LogP contribution in [-0.2, 0) is 11.2 Å². The number of rotatable bonds is 4. The van der Waals surface area contributed by atoms with Gasteiger partial charge in [0.1, 0.15) is 0 Å². The standard InChI is InChI=1S/C14H10BrClO2S/c15-13-8-12(4-1-9(13)7-14(17)18)19-11-5-2-10(16)3-6-11/h1-6,8H,7H2,(H,17,18). The van der Waals surface area contributed by atoms with Gasteiger partial charge in [-0.2, -0.15) is 0 Å². The third kappa shape index (κ3) is 4.27. The number of carboxylic acid groups (broad SMARTS) is 1. The lowest BCUT2D eigenvalue weighted by atomic mass is 10.1. The molecular formula is C14H10BrClO2S. The van der Waals surface area contributed by atoms with E-state index in [9.17, 15) is 4.79 Å². The Labute approximate surface area is 128 Å². The number of halogens is 2. The highest BCUT2D eigenvalue weighted by molar-refractivity contribution is 9.10. The normalized spacial score (nSPS) is 10.4. The van der Waals surface area contributed by atoms with Gasteiger partial charge in [-0.3, -0.25) is 4.79 Å². The number of hydrogen-bond acceptors (Lipinski definition) is 2. The molecule has 0 spiro atoms. The molecule has 2 nitrogen and oxygen atoms in total. The Morgan fingerprint density at radius 1 is 1.16 bits per heavy atom. The molecule has 0 atom stereocenters. The van der Waals surface area contributed by atoms with Crippen LogP contribution in [0.15, 0.2) is 56.7 Å². The first-order valence-electron chi connectivity index (χ1n) is 5.48. The Hall–Kier alpha value is -0.970. The topological polar surface area (TPSA) is 37.3 Å². The summed E-state index contributed by atoms with van der Waals surface area (Å²) in [5.41, 5.74) is 0.771. The smallest absolute Gasteiger partial charge is 0.307 e. The Bertz CT molecular complexity index is 599. The van der Waals surface area contributed by atoms with Crippen molar-refractivity contribution in [1.82, 2.24) is 0 Å². The molecule has 19 heavy (non-hydrogen) atoms. The first-order chi connectivity index (χ1) is 9.04. The number of carboxylic acids is 1. The molecule has 0 bridgehead atoms. The van der Waals surface area contributed by atoms with Crippen LogP contribution in [0.4, 0.5) is 0 Å². The minimum absolute atomic E-state index is 0.0203. The maximum absolute atomic E-state index is 10.7. The van der Waals surface area contributed by atoms with E-state index in [4.69, 9.17) is 16.7 Å². The summed E-state index contributed by atoms with van der Waals surface area (Å²) in [5.74, 6) is -0.834. The van der Waals surface area contributed by atoms with E-state index in [1.165, 1.54) is 0 Å². The largest absolute Gasteiger partial charge is 0.481 e. The van der Waals surface area contributed by atoms with Gasteiger partial charge in [0.2, 0.25) is 0 Å². The van der Waals surface area contributed by atoms with Gasteiger partial charge < -0.3 is 5.11 Å². The van der Waals surface area contributed by atoms with Gasteiger partial charge in [-0.25, -0.2) is 0 Å². The van der Waals surface area contributed by atoms with Crippen LogP contribution in [0.1, 0.15) is 5.56 Å². The van der Waals surface area contributed by atoms with E-state index in [0.29, 0.717) is 5.02 Å². The predicted molar refractivity (Wildman–Crippen MR) is 81.1 cm³/mol. The van der Waals surface area contributed by atoms with Crippen LogP contribution in [0.2, 0.25) is 5.02 Å². The van der Waals surface area contributed by atoms with E-state index in [-0.39, 0.29) is 6.42 Å². The third-order valence-corrected chi connectivity index (χ3v) is 4.40. The first kappa shape index (κ1) is 14.4. The van der Waals surface area contributed by atoms with Crippen LogP contribution >= 0.6 is 39.3 Å². The summed E-state index contributed by atoms with van der Waals surface area (Å²) >= 11 is 10.8. The van der Waals surface area contributed by atoms with Gasteiger partial charge in [-0.05, 0) is 42.0 Å². The fourth-order valence-electron chi connectivity index (χ4n) is 1.54. The monoisotopic (exact) mass is 356 g/mol. The molecule has 1 N–H and O–H groups in total. The number of benzene rings is 2. The highest BCUT2D eigenvalue weighted by Gasteiger charge is 2.06. The van der Waals surface area contributed by atoms with E-state index >= 15 is 0 Å². The lowest BCUT2D eigenvalue weighted by Gasteiger charge is -2.06. The average Bonchev–Trinajstić information content (AvgIpc) is 2.35. The average molecular weight is 358 g/mol. The van der Waals surface area contributed by atoms with Gasteiger partial charge in [0, 0.05) is 19.3 Å². The number of carbonyl (C=O) groups is 1. The molecule has 0 amide bonds. The van der Waals surface area contributed by atoms with Crippen LogP contribution in [0.3, 0.4) is 0 Å². The zero-order valence-electron chi connectivity index (χ0n) is 9.77. The van der Waals surface area contributed by atoms with Crippen molar-refractivity contribution in [3.63, 3.8) is 0 Å². The highest BCUT2D eigenvalue weighted by Crippen LogP contribution is 2.31. The molecule has 2 aromatic rings. The van der Waals surface area contributed by atoms with Crippen LogP contribution in [0.5, 0.6) is 0 Å². The van der Waals surface area contributed by atoms with Gasteiger partial charge >= 0.3 is 5.97 Å². The van der Waals surface area contributed by atoms with Gasteiger partial charge in [0.05, 0.1) is 6.42 Å². The summed E-state index contributed by atoms with van der Waals surface area (Å²) in [7, 11) is 0. The summed E-state index contributed by atoms with van der Waals surface area (Å²) in [6, 6.07) is 13.3. The summed E-state index contributed by atoms with van der Waals surface area (Å²) in [6.07, 6.45) is 0.0203. The molecule has 0 saturated heterocycles. The minimum atomic E-state index is -0.834. The number of hydrogen-bond donors (Lipinski definition) is 1. The second kappa shape index (κ2) is 6.46. The highest BCUT2D eigenvalue weighted by atomic mass is 79.9. The molecule has 2 aromatic carbocycles. The molecule has 98 valence electrons. The second-order valence-corrected chi connectivity index (χ2v) is 6.32. The third-order valence-electron chi connectivity index (χ3n) is 2.42. The van der Waals surface area contributed by atoms with Crippen molar-refractivity contribution in [3.8, 4) is 0 Å². The minimum Gasteiger partial charge on any atom is -0.481 e. The van der Waals surface area contributed by atoms with Gasteiger partial charge in [0.15, 0.2) is 0 Å². The molecule has 0 fully saturated rings. The molecule has 0 heterocycles. The molecule has 0 radical (unpaired) electrons. The summed E-state index contributed by atoms with van der Waals surface area (Å²) in [4.78, 5) is 12.8. The lowest BCUT2D eigenvalue weighted by Crippen LogP contribution is -2.00. The zero-order chi connectivity index (χ0) is 13.8. The molecule has 0 aliphatic carbocycles. The quantitative estimate of drug-likeness (QED) is 0.847. The van der Waals surface area contributed by atoms with Gasteiger partial charge in [-0.15, -0.1) is 0 Å². The van der Waals surface area contributed by atoms with Crippen molar-refractivity contribution in [3.05, 3.63) is 57.5 Å². The van der Waals surface area contributed by atoms with Crippen molar-refractivity contribution in [1.29, 1.82) is 0 Å². The van der Waals surface area contributed by atoms with Crippen molar-refractivity contribution in [2.75, 3.05) is 0 Å². The fourth-order valence-corrected chi connectivity index (χ4v) is 3.19. The molecule has 0 aliphatic rings. The van der Waals surface area contributed by atoms with E-state index in [0.717, 1.165) is 19.8 Å². The van der Waals surface area contributed by atoms with Crippen LogP contribution in [0.25, 0.3) is 0 Å². The molecule has 2 rings (SSSR count). The van der Waals surface area contributed by atoms with E-state index in [1.54, 1.807) is 11.8 Å². The van der Waals surface area contributed by atoms with Crippen molar-refractivity contribution < 1.29 is 9.90 Å². The summed E-state index contributed by atoms with van der Waals surface area (Å²) in [6.45, 7) is 0. The predicted octanol–water partition coefficient (Wildman–Crippen LogP) is 4.88. The summed E-state index contributed by atoms with van der Waals surface area (Å²) < 4.78 is 0.814. The fraction of sp³-hybridized carbons (Fsp3) is 0.0714. The Morgan fingerprint density at radius 2 is 1.79 bits per heavy atom.